The van der Waals surface area contributed by atoms with Gasteiger partial charge in [-0.2, -0.15) is 9.42 Å². The van der Waals surface area contributed by atoms with Crippen LogP contribution in [-0.2, 0) is 0 Å². The number of rotatable bonds is 2. The highest BCUT2D eigenvalue weighted by Gasteiger charge is 2.26. The summed E-state index contributed by atoms with van der Waals surface area (Å²) in [5.41, 5.74) is 0.700. The molecule has 0 radical (unpaired) electrons. The molecule has 0 atom stereocenters. The summed E-state index contributed by atoms with van der Waals surface area (Å²) in [6, 6.07) is 6.12. The fourth-order valence-electron chi connectivity index (χ4n) is 2.13. The number of hydrazine groups is 1. The fraction of sp³-hybridized carbons (Fsp3) is 0.231. The summed E-state index contributed by atoms with van der Waals surface area (Å²) >= 11 is 1.46. The third-order valence-corrected chi connectivity index (χ3v) is 4.14. The highest BCUT2D eigenvalue weighted by atomic mass is 32.2. The molecule has 0 spiro atoms. The van der Waals surface area contributed by atoms with Crippen molar-refractivity contribution < 1.29 is 14.3 Å². The number of carboxylic acid groups (broad SMARTS) is 1. The standard InChI is InChI=1S/C13H12N2O4S/c16-11-4-6-19-12-3-2-9(8-10(11)12)15(13(17)18)14-5-1-7-20-14/h2-4,6,8H,1,5,7H2,(H,17,18). The monoisotopic (exact) mass is 292 g/mol. The molecule has 1 aliphatic rings. The minimum Gasteiger partial charge on any atom is -0.464 e. The summed E-state index contributed by atoms with van der Waals surface area (Å²) in [7, 11) is 0. The minimum absolute atomic E-state index is 0.187. The zero-order valence-corrected chi connectivity index (χ0v) is 11.3. The van der Waals surface area contributed by atoms with Gasteiger partial charge in [-0.25, -0.2) is 4.79 Å². The average Bonchev–Trinajstić information content (AvgIpc) is 2.93. The first-order valence-corrected chi connectivity index (χ1v) is 7.06. The lowest BCUT2D eigenvalue weighted by Gasteiger charge is -2.27. The van der Waals surface area contributed by atoms with Gasteiger partial charge in [-0.1, -0.05) is 11.9 Å². The Hall–Kier alpha value is -1.99. The molecule has 0 unspecified atom stereocenters. The predicted molar refractivity (Wildman–Crippen MR) is 76.8 cm³/mol. The van der Waals surface area contributed by atoms with Crippen LogP contribution in [0.4, 0.5) is 10.5 Å². The van der Waals surface area contributed by atoms with Crippen molar-refractivity contribution in [2.75, 3.05) is 17.3 Å². The summed E-state index contributed by atoms with van der Waals surface area (Å²) in [5, 5.41) is 10.9. The average molecular weight is 292 g/mol. The summed E-state index contributed by atoms with van der Waals surface area (Å²) < 4.78 is 6.92. The molecule has 6 nitrogen and oxygen atoms in total. The Kier molecular flexibility index (Phi) is 3.37. The molecule has 2 aromatic rings. The van der Waals surface area contributed by atoms with Crippen molar-refractivity contribution in [3.8, 4) is 0 Å². The van der Waals surface area contributed by atoms with E-state index in [1.165, 1.54) is 29.3 Å². The Morgan fingerprint density at radius 3 is 2.95 bits per heavy atom. The molecule has 104 valence electrons. The second-order valence-corrected chi connectivity index (χ2v) is 5.41. The van der Waals surface area contributed by atoms with Gasteiger partial charge in [-0.05, 0) is 24.6 Å². The number of benzene rings is 1. The van der Waals surface area contributed by atoms with Crippen LogP contribution in [0.25, 0.3) is 11.0 Å². The van der Waals surface area contributed by atoms with E-state index < -0.39 is 6.09 Å². The quantitative estimate of drug-likeness (QED) is 0.857. The van der Waals surface area contributed by atoms with Gasteiger partial charge in [-0.15, -0.1) is 0 Å². The topological polar surface area (TPSA) is 74.0 Å². The smallest absolute Gasteiger partial charge is 0.427 e. The van der Waals surface area contributed by atoms with Crippen LogP contribution >= 0.6 is 11.9 Å². The Morgan fingerprint density at radius 2 is 2.25 bits per heavy atom. The molecule has 1 aromatic heterocycles. The molecule has 0 saturated carbocycles. The molecular formula is C13H12N2O4S. The third kappa shape index (κ3) is 2.25. The van der Waals surface area contributed by atoms with E-state index in [0.717, 1.165) is 12.2 Å². The van der Waals surface area contributed by atoms with Gasteiger partial charge in [0.15, 0.2) is 5.43 Å². The largest absolute Gasteiger partial charge is 0.464 e. The lowest BCUT2D eigenvalue weighted by atomic mass is 10.2. The molecule has 0 bridgehead atoms. The van der Waals surface area contributed by atoms with Gasteiger partial charge < -0.3 is 9.52 Å². The maximum atomic E-state index is 11.8. The minimum atomic E-state index is -1.07. The highest BCUT2D eigenvalue weighted by Crippen LogP contribution is 2.29. The van der Waals surface area contributed by atoms with Crippen LogP contribution in [0, 0.1) is 0 Å². The van der Waals surface area contributed by atoms with Crippen LogP contribution in [0.5, 0.6) is 0 Å². The highest BCUT2D eigenvalue weighted by molar-refractivity contribution is 7.97. The molecule has 1 saturated heterocycles. The summed E-state index contributed by atoms with van der Waals surface area (Å²) in [6.07, 6.45) is 1.19. The van der Waals surface area contributed by atoms with Gasteiger partial charge >= 0.3 is 6.09 Å². The van der Waals surface area contributed by atoms with E-state index in [1.807, 2.05) is 0 Å². The molecule has 20 heavy (non-hydrogen) atoms. The number of nitrogens with zero attached hydrogens (tertiary/aromatic N) is 2. The molecular weight excluding hydrogens is 280 g/mol. The molecule has 7 heteroatoms. The van der Waals surface area contributed by atoms with Crippen LogP contribution in [0.3, 0.4) is 0 Å². The molecule has 1 N–H and O–H groups in total. The molecule has 1 aliphatic heterocycles. The predicted octanol–water partition coefficient (Wildman–Crippen LogP) is 2.55. The summed E-state index contributed by atoms with van der Waals surface area (Å²) in [4.78, 5) is 23.3. The zero-order valence-electron chi connectivity index (χ0n) is 10.5. The van der Waals surface area contributed by atoms with Gasteiger partial charge in [0.25, 0.3) is 0 Å². The SMILES string of the molecule is O=C(O)N(c1ccc2occc(=O)c2c1)N1CCCS1. The number of hydrogen-bond donors (Lipinski definition) is 1. The summed E-state index contributed by atoms with van der Waals surface area (Å²) in [6.45, 7) is 0.665. The van der Waals surface area contributed by atoms with Crippen LogP contribution in [0.2, 0.25) is 0 Å². The molecule has 3 rings (SSSR count). The normalized spacial score (nSPS) is 15.6. The molecule has 1 aromatic carbocycles. The lowest BCUT2D eigenvalue weighted by Crippen LogP contribution is -2.40. The van der Waals surface area contributed by atoms with Gasteiger partial charge in [0.1, 0.15) is 5.58 Å². The fourth-order valence-corrected chi connectivity index (χ4v) is 3.14. The summed E-state index contributed by atoms with van der Waals surface area (Å²) in [5.74, 6) is 0.888. The second-order valence-electron chi connectivity index (χ2n) is 4.32. The number of fused-ring (bicyclic) bond motifs is 1. The number of anilines is 1. The molecule has 1 fully saturated rings. The van der Waals surface area contributed by atoms with Crippen LogP contribution in [0.15, 0.2) is 39.7 Å². The Balaban J connectivity index is 2.09. The first kappa shape index (κ1) is 13.0. The Labute approximate surface area is 118 Å². The number of carbonyl (C=O) groups is 1. The van der Waals surface area contributed by atoms with Crippen molar-refractivity contribution in [2.24, 2.45) is 0 Å². The first-order chi connectivity index (χ1) is 9.66. The number of hydrogen-bond acceptors (Lipinski definition) is 5. The van der Waals surface area contributed by atoms with Gasteiger partial charge in [0.2, 0.25) is 0 Å². The van der Waals surface area contributed by atoms with Crippen LogP contribution in [0.1, 0.15) is 6.42 Å². The van der Waals surface area contributed by atoms with Crippen molar-refractivity contribution in [2.45, 2.75) is 6.42 Å². The van der Waals surface area contributed by atoms with E-state index in [1.54, 1.807) is 22.6 Å². The number of amides is 1. The lowest BCUT2D eigenvalue weighted by molar-refractivity contribution is 0.191. The van der Waals surface area contributed by atoms with E-state index in [2.05, 4.69) is 0 Å². The third-order valence-electron chi connectivity index (χ3n) is 3.03. The Morgan fingerprint density at radius 1 is 1.40 bits per heavy atom. The second kappa shape index (κ2) is 5.18. The van der Waals surface area contributed by atoms with E-state index >= 15 is 0 Å². The van der Waals surface area contributed by atoms with E-state index in [-0.39, 0.29) is 5.43 Å². The molecule has 1 amide bonds. The van der Waals surface area contributed by atoms with Gasteiger partial charge in [0.05, 0.1) is 17.3 Å². The maximum absolute atomic E-state index is 11.8. The van der Waals surface area contributed by atoms with Crippen molar-refractivity contribution >= 4 is 34.7 Å². The van der Waals surface area contributed by atoms with Gasteiger partial charge in [0, 0.05) is 18.4 Å². The van der Waals surface area contributed by atoms with E-state index in [9.17, 15) is 14.7 Å². The van der Waals surface area contributed by atoms with Crippen molar-refractivity contribution in [1.29, 1.82) is 0 Å². The van der Waals surface area contributed by atoms with Gasteiger partial charge in [-0.3, -0.25) is 4.79 Å². The van der Waals surface area contributed by atoms with Crippen LogP contribution < -0.4 is 10.4 Å². The molecule has 0 aliphatic carbocycles. The van der Waals surface area contributed by atoms with E-state index in [0.29, 0.717) is 23.2 Å². The Bertz CT molecular complexity index is 709. The van der Waals surface area contributed by atoms with Crippen LogP contribution in [-0.4, -0.2) is 27.9 Å². The molecule has 2 heterocycles. The zero-order chi connectivity index (χ0) is 14.1. The van der Waals surface area contributed by atoms with Crippen molar-refractivity contribution in [3.63, 3.8) is 0 Å². The maximum Gasteiger partial charge on any atom is 0.427 e. The van der Waals surface area contributed by atoms with Crippen molar-refractivity contribution in [3.05, 3.63) is 40.8 Å². The first-order valence-electron chi connectivity index (χ1n) is 6.12. The van der Waals surface area contributed by atoms with E-state index in [4.69, 9.17) is 4.42 Å². The van der Waals surface area contributed by atoms with Crippen molar-refractivity contribution in [1.82, 2.24) is 4.41 Å².